The highest BCUT2D eigenvalue weighted by Crippen LogP contribution is 2.39. The van der Waals surface area contributed by atoms with Gasteiger partial charge in [-0.2, -0.15) is 26.3 Å². The Balaban J connectivity index is 1.49. The highest BCUT2D eigenvalue weighted by atomic mass is 32.2. The van der Waals surface area contributed by atoms with Gasteiger partial charge in [-0.25, -0.2) is 8.42 Å². The molecule has 3 aromatic carbocycles. The third-order valence-electron chi connectivity index (χ3n) is 5.73. The Kier molecular flexibility index (Phi) is 7.53. The minimum atomic E-state index is -4.69. The van der Waals surface area contributed by atoms with Crippen molar-refractivity contribution in [2.75, 3.05) is 24.9 Å². The van der Waals surface area contributed by atoms with Crippen LogP contribution < -0.4 is 14.2 Å². The van der Waals surface area contributed by atoms with Crippen molar-refractivity contribution in [3.63, 3.8) is 0 Å². The van der Waals surface area contributed by atoms with E-state index in [1.807, 2.05) is 11.9 Å². The van der Waals surface area contributed by atoms with Gasteiger partial charge < -0.3 is 14.4 Å². The summed E-state index contributed by atoms with van der Waals surface area (Å²) in [6.07, 6.45) is -9.12. The van der Waals surface area contributed by atoms with Gasteiger partial charge in [-0.05, 0) is 74.1 Å². The van der Waals surface area contributed by atoms with E-state index < -0.39 is 45.4 Å². The Hall–Kier alpha value is -3.45. The first-order valence-electron chi connectivity index (χ1n) is 11.3. The van der Waals surface area contributed by atoms with Crippen molar-refractivity contribution in [3.05, 3.63) is 77.9 Å². The lowest BCUT2D eigenvalue weighted by Crippen LogP contribution is -2.23. The first kappa shape index (κ1) is 27.6. The Labute approximate surface area is 214 Å². The summed E-state index contributed by atoms with van der Waals surface area (Å²) >= 11 is 0. The summed E-state index contributed by atoms with van der Waals surface area (Å²) in [4.78, 5) is 1.70. The average molecular weight is 561 g/mol. The Morgan fingerprint density at radius 1 is 0.868 bits per heavy atom. The molecule has 1 N–H and O–H groups in total. The molecule has 1 aliphatic heterocycles. The molecule has 1 aliphatic rings. The zero-order chi connectivity index (χ0) is 27.7. The lowest BCUT2D eigenvalue weighted by atomic mass is 10.1. The second-order valence-electron chi connectivity index (χ2n) is 8.70. The van der Waals surface area contributed by atoms with Crippen LogP contribution in [-0.2, 0) is 22.4 Å². The number of hydrogen-bond donors (Lipinski definition) is 1. The van der Waals surface area contributed by atoms with Crippen molar-refractivity contribution >= 4 is 15.7 Å². The van der Waals surface area contributed by atoms with Gasteiger partial charge in [0.05, 0.1) is 21.7 Å². The minimum Gasteiger partial charge on any atom is -0.488 e. The number of anilines is 1. The zero-order valence-corrected chi connectivity index (χ0v) is 20.6. The first-order valence-corrected chi connectivity index (χ1v) is 12.7. The van der Waals surface area contributed by atoms with Gasteiger partial charge in [0.25, 0.3) is 10.0 Å². The number of rotatable bonds is 7. The van der Waals surface area contributed by atoms with Crippen molar-refractivity contribution in [1.29, 1.82) is 0 Å². The molecule has 0 aliphatic carbocycles. The van der Waals surface area contributed by atoms with E-state index in [1.165, 1.54) is 24.3 Å². The van der Waals surface area contributed by atoms with Crippen LogP contribution >= 0.6 is 0 Å². The lowest BCUT2D eigenvalue weighted by Gasteiger charge is -2.19. The molecule has 1 fully saturated rings. The van der Waals surface area contributed by atoms with E-state index >= 15 is 0 Å². The van der Waals surface area contributed by atoms with Gasteiger partial charge in [0.1, 0.15) is 23.4 Å². The fraction of sp³-hybridized carbons (Fsp3) is 0.280. The molecule has 6 nitrogen and oxygen atoms in total. The number of benzene rings is 3. The molecule has 0 amide bonds. The Morgan fingerprint density at radius 3 is 2.00 bits per heavy atom. The summed E-state index contributed by atoms with van der Waals surface area (Å²) in [5.41, 5.74) is -1.98. The molecule has 0 bridgehead atoms. The van der Waals surface area contributed by atoms with Crippen molar-refractivity contribution < 1.29 is 44.2 Å². The number of likely N-dealkylation sites (N-methyl/N-ethyl adjacent to an activating group) is 1. The first-order chi connectivity index (χ1) is 17.7. The molecule has 1 heterocycles. The van der Waals surface area contributed by atoms with Crippen LogP contribution in [-0.4, -0.2) is 39.6 Å². The number of hydrogen-bond acceptors (Lipinski definition) is 5. The number of alkyl halides is 6. The van der Waals surface area contributed by atoms with E-state index in [-0.39, 0.29) is 22.1 Å². The summed E-state index contributed by atoms with van der Waals surface area (Å²) in [5.74, 6) is -0.203. The summed E-state index contributed by atoms with van der Waals surface area (Å²) in [6.45, 7) is 1.10. The molecule has 1 atom stereocenters. The van der Waals surface area contributed by atoms with Crippen LogP contribution in [0.2, 0.25) is 0 Å². The summed E-state index contributed by atoms with van der Waals surface area (Å²) in [5, 5.41) is 0. The maximum absolute atomic E-state index is 13.5. The molecule has 0 unspecified atom stereocenters. The highest BCUT2D eigenvalue weighted by Gasteiger charge is 2.36. The topological polar surface area (TPSA) is 67.9 Å². The lowest BCUT2D eigenvalue weighted by molar-refractivity contribution is -0.139. The van der Waals surface area contributed by atoms with Gasteiger partial charge in [-0.1, -0.05) is 0 Å². The van der Waals surface area contributed by atoms with E-state index in [0.717, 1.165) is 42.5 Å². The molecule has 4 rings (SSSR count). The van der Waals surface area contributed by atoms with E-state index in [1.54, 1.807) is 0 Å². The smallest absolute Gasteiger partial charge is 0.419 e. The number of nitrogens with one attached hydrogen (secondary N) is 1. The maximum Gasteiger partial charge on any atom is 0.419 e. The van der Waals surface area contributed by atoms with E-state index in [2.05, 4.69) is 4.72 Å². The molecule has 0 radical (unpaired) electrons. The average Bonchev–Trinajstić information content (AvgIpc) is 3.22. The SMILES string of the molecule is CN1CC[C@@H](Oc2cc(NS(=O)(=O)c3ccc(Oc4ccc(C(F)(F)F)cc4)cc3)ccc2C(F)(F)F)C1. The fourth-order valence-electron chi connectivity index (χ4n) is 3.84. The molecule has 0 aromatic heterocycles. The van der Waals surface area contributed by atoms with Crippen LogP contribution in [0.3, 0.4) is 0 Å². The number of nitrogens with zero attached hydrogens (tertiary/aromatic N) is 1. The summed E-state index contributed by atoms with van der Waals surface area (Å²) < 4.78 is 118. The van der Waals surface area contributed by atoms with Gasteiger partial charge in [-0.15, -0.1) is 0 Å². The summed E-state index contributed by atoms with van der Waals surface area (Å²) in [6, 6.07) is 11.7. The molecule has 38 heavy (non-hydrogen) atoms. The highest BCUT2D eigenvalue weighted by molar-refractivity contribution is 7.92. The number of sulfonamides is 1. The zero-order valence-electron chi connectivity index (χ0n) is 19.8. The van der Waals surface area contributed by atoms with Crippen LogP contribution in [0.1, 0.15) is 17.5 Å². The molecule has 0 saturated carbocycles. The second kappa shape index (κ2) is 10.4. The monoisotopic (exact) mass is 560 g/mol. The van der Waals surface area contributed by atoms with Crippen LogP contribution in [0.5, 0.6) is 17.2 Å². The van der Waals surface area contributed by atoms with Gasteiger partial charge in [0, 0.05) is 19.2 Å². The molecule has 13 heteroatoms. The van der Waals surface area contributed by atoms with Gasteiger partial charge in [0.2, 0.25) is 0 Å². The largest absolute Gasteiger partial charge is 0.488 e. The molecule has 204 valence electrons. The molecular formula is C25H22F6N2O4S. The third-order valence-corrected chi connectivity index (χ3v) is 7.13. The standard InChI is InChI=1S/C25H22F6N2O4S/c1-33-13-12-20(15-33)37-23-14-17(4-11-22(23)25(29,30)31)32-38(34,35)21-9-7-19(8-10-21)36-18-5-2-16(3-6-18)24(26,27)28/h2-11,14,20,32H,12-13,15H2,1H3/t20-/m1/s1. The molecule has 1 saturated heterocycles. The maximum atomic E-state index is 13.5. The van der Waals surface area contributed by atoms with Gasteiger partial charge in [-0.3, -0.25) is 4.72 Å². The number of halogens is 6. The second-order valence-corrected chi connectivity index (χ2v) is 10.4. The van der Waals surface area contributed by atoms with Crippen molar-refractivity contribution in [2.45, 2.75) is 29.8 Å². The Morgan fingerprint density at radius 2 is 1.47 bits per heavy atom. The van der Waals surface area contributed by atoms with E-state index in [9.17, 15) is 34.8 Å². The fourth-order valence-corrected chi connectivity index (χ4v) is 4.89. The normalized spacial score (nSPS) is 16.9. The number of likely N-dealkylation sites (tertiary alicyclic amines) is 1. The third kappa shape index (κ3) is 6.70. The van der Waals surface area contributed by atoms with Crippen molar-refractivity contribution in [2.24, 2.45) is 0 Å². The van der Waals surface area contributed by atoms with E-state index in [4.69, 9.17) is 9.47 Å². The number of ether oxygens (including phenoxy) is 2. The van der Waals surface area contributed by atoms with Gasteiger partial charge in [0.15, 0.2) is 0 Å². The van der Waals surface area contributed by atoms with Crippen LogP contribution in [0.4, 0.5) is 32.0 Å². The molecular weight excluding hydrogens is 538 g/mol. The summed E-state index contributed by atoms with van der Waals surface area (Å²) in [7, 11) is -2.38. The predicted molar refractivity (Wildman–Crippen MR) is 127 cm³/mol. The van der Waals surface area contributed by atoms with E-state index in [0.29, 0.717) is 19.5 Å². The van der Waals surface area contributed by atoms with Crippen LogP contribution in [0.25, 0.3) is 0 Å². The molecule has 3 aromatic rings. The minimum absolute atomic E-state index is 0.109. The van der Waals surface area contributed by atoms with Crippen LogP contribution in [0.15, 0.2) is 71.6 Å². The van der Waals surface area contributed by atoms with Crippen molar-refractivity contribution in [1.82, 2.24) is 4.90 Å². The quantitative estimate of drug-likeness (QED) is 0.339. The molecule has 0 spiro atoms. The van der Waals surface area contributed by atoms with Gasteiger partial charge >= 0.3 is 12.4 Å². The van der Waals surface area contributed by atoms with Crippen molar-refractivity contribution in [3.8, 4) is 17.2 Å². The Bertz CT molecular complexity index is 1370. The predicted octanol–water partition coefficient (Wildman–Crippen LogP) is 6.40. The van der Waals surface area contributed by atoms with Crippen LogP contribution in [0, 0.1) is 0 Å².